The Bertz CT molecular complexity index is 1010. The van der Waals surface area contributed by atoms with Crippen LogP contribution in [0.1, 0.15) is 26.4 Å². The van der Waals surface area contributed by atoms with Crippen LogP contribution in [0.5, 0.6) is 5.75 Å². The number of fused-ring (bicyclic) bond motifs is 1. The monoisotopic (exact) mass is 410 g/mol. The lowest BCUT2D eigenvalue weighted by Gasteiger charge is -2.31. The molecule has 0 bridgehead atoms. The molecule has 0 aliphatic carbocycles. The van der Waals surface area contributed by atoms with Crippen molar-refractivity contribution in [2.75, 3.05) is 25.2 Å². The molecule has 1 aromatic heterocycles. The normalized spacial score (nSPS) is 13.1. The predicted octanol–water partition coefficient (Wildman–Crippen LogP) is 0.225. The molecule has 1 aliphatic rings. The molecule has 4 N–H and O–H groups in total. The van der Waals surface area contributed by atoms with Crippen LogP contribution in [0, 0.1) is 5.82 Å². The zero-order valence-electron chi connectivity index (χ0n) is 14.4. The van der Waals surface area contributed by atoms with Crippen molar-refractivity contribution in [3.05, 3.63) is 62.3 Å². The third kappa shape index (κ3) is 3.51. The van der Waals surface area contributed by atoms with Crippen LogP contribution in [0.4, 0.5) is 4.39 Å². The van der Waals surface area contributed by atoms with E-state index in [2.05, 4.69) is 10.7 Å². The number of aromatic nitrogens is 1. The standard InChI is InChI=1S/C17H16ClFN4O5/c18-11-3-1-2-9(12(11)19)6-20-16(27)10-7-23-13(15(26)14(10)25)17(28)22(4-5-24)8-21-23/h1-3,7,21,24,26H,4-6,8H2,(H,20,27). The number of nitrogens with one attached hydrogen (secondary N) is 2. The van der Waals surface area contributed by atoms with E-state index in [0.29, 0.717) is 0 Å². The van der Waals surface area contributed by atoms with Gasteiger partial charge in [0.15, 0.2) is 11.4 Å². The summed E-state index contributed by atoms with van der Waals surface area (Å²) < 4.78 is 15.0. The van der Waals surface area contributed by atoms with Crippen LogP contribution in [0.15, 0.2) is 29.2 Å². The number of aliphatic hydroxyl groups is 1. The third-order valence-corrected chi connectivity index (χ3v) is 4.48. The first kappa shape index (κ1) is 19.6. The van der Waals surface area contributed by atoms with Crippen molar-refractivity contribution in [3.63, 3.8) is 0 Å². The van der Waals surface area contributed by atoms with Gasteiger partial charge in [0.1, 0.15) is 18.0 Å². The molecule has 3 rings (SSSR count). The zero-order chi connectivity index (χ0) is 20.4. The van der Waals surface area contributed by atoms with Crippen molar-refractivity contribution in [2.45, 2.75) is 6.54 Å². The Hall–Kier alpha value is -3.11. The van der Waals surface area contributed by atoms with Crippen molar-refractivity contribution in [3.8, 4) is 5.75 Å². The van der Waals surface area contributed by atoms with Gasteiger partial charge >= 0.3 is 0 Å². The van der Waals surface area contributed by atoms with Crippen LogP contribution >= 0.6 is 11.6 Å². The Morgan fingerprint density at radius 3 is 2.82 bits per heavy atom. The second kappa shape index (κ2) is 7.87. The van der Waals surface area contributed by atoms with E-state index in [-0.39, 0.29) is 42.6 Å². The van der Waals surface area contributed by atoms with Crippen LogP contribution in [0.25, 0.3) is 0 Å². The molecule has 2 aromatic rings. The number of hydrogen-bond acceptors (Lipinski definition) is 6. The van der Waals surface area contributed by atoms with Crippen molar-refractivity contribution in [1.29, 1.82) is 0 Å². The second-order valence-corrected chi connectivity index (χ2v) is 6.35. The molecule has 28 heavy (non-hydrogen) atoms. The molecule has 0 saturated heterocycles. The predicted molar refractivity (Wildman–Crippen MR) is 97.3 cm³/mol. The molecule has 0 radical (unpaired) electrons. The maximum Gasteiger partial charge on any atom is 0.277 e. The topological polar surface area (TPSA) is 124 Å². The Morgan fingerprint density at radius 1 is 1.36 bits per heavy atom. The van der Waals surface area contributed by atoms with Gasteiger partial charge in [-0.25, -0.2) is 4.39 Å². The van der Waals surface area contributed by atoms with Crippen molar-refractivity contribution in [2.24, 2.45) is 0 Å². The maximum absolute atomic E-state index is 13.9. The number of aromatic hydroxyl groups is 1. The molecule has 2 heterocycles. The van der Waals surface area contributed by atoms with Gasteiger partial charge in [-0.2, -0.15) is 0 Å². The molecule has 0 spiro atoms. The molecule has 2 amide bonds. The zero-order valence-corrected chi connectivity index (χ0v) is 15.2. The van der Waals surface area contributed by atoms with Crippen LogP contribution in [0.2, 0.25) is 5.02 Å². The number of carbonyl (C=O) groups excluding carboxylic acids is 2. The van der Waals surface area contributed by atoms with Crippen LogP contribution < -0.4 is 16.2 Å². The number of benzene rings is 1. The lowest BCUT2D eigenvalue weighted by Crippen LogP contribution is -2.48. The van der Waals surface area contributed by atoms with E-state index < -0.39 is 34.4 Å². The van der Waals surface area contributed by atoms with Gasteiger partial charge in [0.2, 0.25) is 5.43 Å². The van der Waals surface area contributed by atoms with Gasteiger partial charge in [0.25, 0.3) is 11.8 Å². The first-order valence-corrected chi connectivity index (χ1v) is 8.56. The molecule has 0 fully saturated rings. The van der Waals surface area contributed by atoms with Crippen molar-refractivity contribution in [1.82, 2.24) is 14.9 Å². The number of rotatable bonds is 5. The van der Waals surface area contributed by atoms with Gasteiger partial charge in [-0.1, -0.05) is 23.7 Å². The molecule has 0 atom stereocenters. The molecule has 11 heteroatoms. The third-order valence-electron chi connectivity index (χ3n) is 4.19. The fourth-order valence-electron chi connectivity index (χ4n) is 2.73. The first-order chi connectivity index (χ1) is 13.3. The maximum atomic E-state index is 13.9. The number of nitrogens with zero attached hydrogens (tertiary/aromatic N) is 2. The number of aliphatic hydroxyl groups excluding tert-OH is 1. The fourth-order valence-corrected chi connectivity index (χ4v) is 2.93. The van der Waals surface area contributed by atoms with Gasteiger partial charge in [-0.05, 0) is 6.07 Å². The van der Waals surface area contributed by atoms with Gasteiger partial charge < -0.3 is 25.9 Å². The average molecular weight is 411 g/mol. The summed E-state index contributed by atoms with van der Waals surface area (Å²) in [5.41, 5.74) is 1.04. The van der Waals surface area contributed by atoms with E-state index in [1.54, 1.807) is 0 Å². The molecule has 9 nitrogen and oxygen atoms in total. The number of pyridine rings is 1. The Morgan fingerprint density at radius 2 is 2.11 bits per heavy atom. The average Bonchev–Trinajstić information content (AvgIpc) is 2.67. The highest BCUT2D eigenvalue weighted by Gasteiger charge is 2.30. The minimum Gasteiger partial charge on any atom is -0.502 e. The lowest BCUT2D eigenvalue weighted by molar-refractivity contribution is 0.0687. The van der Waals surface area contributed by atoms with E-state index in [1.807, 2.05) is 0 Å². The number of halogens is 2. The number of hydrogen-bond donors (Lipinski definition) is 4. The van der Waals surface area contributed by atoms with E-state index in [0.717, 1.165) is 10.9 Å². The molecular weight excluding hydrogens is 395 g/mol. The molecule has 0 unspecified atom stereocenters. The first-order valence-electron chi connectivity index (χ1n) is 8.18. The fraction of sp³-hybridized carbons (Fsp3) is 0.235. The summed E-state index contributed by atoms with van der Waals surface area (Å²) in [4.78, 5) is 38.3. The molecular formula is C17H16ClFN4O5. The summed E-state index contributed by atoms with van der Waals surface area (Å²) in [6, 6.07) is 4.30. The van der Waals surface area contributed by atoms with Crippen LogP contribution in [-0.4, -0.2) is 51.4 Å². The van der Waals surface area contributed by atoms with Crippen LogP contribution in [0.3, 0.4) is 0 Å². The summed E-state index contributed by atoms with van der Waals surface area (Å²) in [6.45, 7) is -0.515. The van der Waals surface area contributed by atoms with Gasteiger partial charge in [-0.3, -0.25) is 19.1 Å². The summed E-state index contributed by atoms with van der Waals surface area (Å²) in [5, 5.41) is 21.4. The van der Waals surface area contributed by atoms with E-state index in [4.69, 9.17) is 16.7 Å². The van der Waals surface area contributed by atoms with E-state index >= 15 is 0 Å². The highest BCUT2D eigenvalue weighted by atomic mass is 35.5. The minimum absolute atomic E-state index is 0.00346. The van der Waals surface area contributed by atoms with Crippen molar-refractivity contribution < 1.29 is 24.2 Å². The van der Waals surface area contributed by atoms with Gasteiger partial charge in [0, 0.05) is 24.8 Å². The Kier molecular flexibility index (Phi) is 5.52. The van der Waals surface area contributed by atoms with Gasteiger partial charge in [0.05, 0.1) is 11.6 Å². The summed E-state index contributed by atoms with van der Waals surface area (Å²) in [6.07, 6.45) is 1.08. The SMILES string of the molecule is O=C(NCc1cccc(Cl)c1F)c1cn2c(c(O)c1=O)C(=O)N(CCO)CN2. The van der Waals surface area contributed by atoms with Gasteiger partial charge in [-0.15, -0.1) is 0 Å². The number of β-amino-alcohol motifs (C(OH)–C–C–N with tert-alkyl or cyclic N) is 1. The summed E-state index contributed by atoms with van der Waals surface area (Å²) in [5.74, 6) is -3.12. The number of carbonyl (C=O) groups is 2. The molecule has 1 aromatic carbocycles. The van der Waals surface area contributed by atoms with E-state index in [9.17, 15) is 23.9 Å². The molecule has 148 valence electrons. The van der Waals surface area contributed by atoms with Crippen molar-refractivity contribution >= 4 is 23.4 Å². The Labute approximate surface area is 162 Å². The lowest BCUT2D eigenvalue weighted by atomic mass is 10.1. The van der Waals surface area contributed by atoms with Crippen LogP contribution in [-0.2, 0) is 6.54 Å². The number of amides is 2. The largest absolute Gasteiger partial charge is 0.502 e. The quantitative estimate of drug-likeness (QED) is 0.559. The summed E-state index contributed by atoms with van der Waals surface area (Å²) >= 11 is 5.69. The second-order valence-electron chi connectivity index (χ2n) is 5.94. The highest BCUT2D eigenvalue weighted by Crippen LogP contribution is 2.19. The minimum atomic E-state index is -1.05. The summed E-state index contributed by atoms with van der Waals surface area (Å²) in [7, 11) is 0. The Balaban J connectivity index is 1.86. The highest BCUT2D eigenvalue weighted by molar-refractivity contribution is 6.30. The molecule has 0 saturated carbocycles. The van der Waals surface area contributed by atoms with E-state index in [1.165, 1.54) is 23.1 Å². The molecule has 1 aliphatic heterocycles. The smallest absolute Gasteiger partial charge is 0.277 e.